The molecule has 2 fully saturated rings. The zero-order chi connectivity index (χ0) is 19.1. The maximum Gasteiger partial charge on any atom is 0.290 e. The lowest BCUT2D eigenvalue weighted by molar-refractivity contribution is -0.0715. The predicted octanol–water partition coefficient (Wildman–Crippen LogP) is 4.11. The highest BCUT2D eigenvalue weighted by Crippen LogP contribution is 2.30. The number of hydrogen-bond donors (Lipinski definition) is 0. The zero-order valence-corrected chi connectivity index (χ0v) is 17.0. The third-order valence-electron chi connectivity index (χ3n) is 5.69. The first-order chi connectivity index (χ1) is 12.9. The number of fused-ring (bicyclic) bond motifs is 1. The minimum absolute atomic E-state index is 0.00308. The predicted molar refractivity (Wildman–Crippen MR) is 106 cm³/mol. The molecule has 0 spiro atoms. The Bertz CT molecular complexity index is 839. The van der Waals surface area contributed by atoms with Crippen LogP contribution in [0.5, 0.6) is 0 Å². The van der Waals surface area contributed by atoms with Crippen LogP contribution in [0, 0.1) is 6.92 Å². The van der Waals surface area contributed by atoms with Crippen LogP contribution in [0.4, 0.5) is 0 Å². The van der Waals surface area contributed by atoms with Gasteiger partial charge in [0.2, 0.25) is 0 Å². The Labute approximate surface area is 165 Å². The minimum atomic E-state index is -0.00308. The van der Waals surface area contributed by atoms with Gasteiger partial charge in [-0.05, 0) is 51.8 Å². The van der Waals surface area contributed by atoms with Gasteiger partial charge >= 0.3 is 0 Å². The van der Waals surface area contributed by atoms with E-state index in [0.717, 1.165) is 50.0 Å². The summed E-state index contributed by atoms with van der Waals surface area (Å²) in [6.07, 6.45) is 2.55. The molecule has 2 aromatic rings. The number of aryl methyl sites for hydroxylation is 1. The first-order valence-corrected chi connectivity index (χ1v) is 10.2. The average Bonchev–Trinajstić information content (AvgIpc) is 3.18. The molecule has 0 unspecified atom stereocenters. The minimum Gasteiger partial charge on any atom is -0.451 e. The number of ether oxygens (including phenoxy) is 1. The van der Waals surface area contributed by atoms with E-state index in [1.165, 1.54) is 0 Å². The van der Waals surface area contributed by atoms with Crippen molar-refractivity contribution >= 4 is 28.5 Å². The third kappa shape index (κ3) is 3.73. The third-order valence-corrected chi connectivity index (χ3v) is 5.93. The number of amides is 1. The second kappa shape index (κ2) is 7.46. The maximum atomic E-state index is 13.3. The van der Waals surface area contributed by atoms with Crippen molar-refractivity contribution in [2.75, 3.05) is 26.2 Å². The Kier molecular flexibility index (Phi) is 5.19. The van der Waals surface area contributed by atoms with Gasteiger partial charge < -0.3 is 14.1 Å². The summed E-state index contributed by atoms with van der Waals surface area (Å²) < 4.78 is 11.8. The second-order valence-corrected chi connectivity index (χ2v) is 8.40. The standard InChI is InChI=1S/C21H27ClN2O3/c1-13-10-23(11-14(2)26-13)12-17-5-4-8-24(17)21(25)20-15(3)18-9-16(22)6-7-19(18)27-20/h6-7,9,13-14,17H,4-5,8,10-12H2,1-3H3/t13-,14-,17-/m1/s1. The lowest BCUT2D eigenvalue weighted by Gasteiger charge is -2.38. The molecule has 1 aromatic carbocycles. The van der Waals surface area contributed by atoms with Crippen LogP contribution >= 0.6 is 11.6 Å². The second-order valence-electron chi connectivity index (χ2n) is 7.97. The maximum absolute atomic E-state index is 13.3. The monoisotopic (exact) mass is 390 g/mol. The first kappa shape index (κ1) is 18.8. The number of morpholine rings is 1. The molecule has 0 radical (unpaired) electrons. The molecule has 3 atom stereocenters. The number of carbonyl (C=O) groups is 1. The van der Waals surface area contributed by atoms with Gasteiger partial charge in [-0.25, -0.2) is 0 Å². The highest BCUT2D eigenvalue weighted by molar-refractivity contribution is 6.31. The van der Waals surface area contributed by atoms with E-state index in [1.807, 2.05) is 24.0 Å². The fraction of sp³-hybridized carbons (Fsp3) is 0.571. The topological polar surface area (TPSA) is 45.9 Å². The number of likely N-dealkylation sites (tertiary alicyclic amines) is 1. The molecule has 0 N–H and O–H groups in total. The Balaban J connectivity index is 1.53. The van der Waals surface area contributed by atoms with Gasteiger partial charge in [0.25, 0.3) is 5.91 Å². The molecule has 5 nitrogen and oxygen atoms in total. The highest BCUT2D eigenvalue weighted by atomic mass is 35.5. The van der Waals surface area contributed by atoms with E-state index >= 15 is 0 Å². The molecule has 3 heterocycles. The van der Waals surface area contributed by atoms with Crippen molar-refractivity contribution in [3.8, 4) is 0 Å². The van der Waals surface area contributed by atoms with E-state index in [9.17, 15) is 4.79 Å². The van der Waals surface area contributed by atoms with Crippen molar-refractivity contribution in [2.24, 2.45) is 0 Å². The molecule has 4 rings (SSSR count). The van der Waals surface area contributed by atoms with Crippen molar-refractivity contribution in [3.63, 3.8) is 0 Å². The van der Waals surface area contributed by atoms with E-state index in [4.69, 9.17) is 20.8 Å². The molecule has 0 aliphatic carbocycles. The molecule has 27 heavy (non-hydrogen) atoms. The summed E-state index contributed by atoms with van der Waals surface area (Å²) >= 11 is 6.11. The summed E-state index contributed by atoms with van der Waals surface area (Å²) in [4.78, 5) is 17.7. The fourth-order valence-corrected chi connectivity index (χ4v) is 4.72. The quantitative estimate of drug-likeness (QED) is 0.791. The largest absolute Gasteiger partial charge is 0.451 e. The van der Waals surface area contributed by atoms with Crippen LogP contribution in [0.25, 0.3) is 11.0 Å². The van der Waals surface area contributed by atoms with Gasteiger partial charge in [0, 0.05) is 48.2 Å². The summed E-state index contributed by atoms with van der Waals surface area (Å²) in [6.45, 7) is 9.69. The summed E-state index contributed by atoms with van der Waals surface area (Å²) in [5.74, 6) is 0.444. The van der Waals surface area contributed by atoms with Crippen LogP contribution in [-0.2, 0) is 4.74 Å². The molecule has 0 bridgehead atoms. The van der Waals surface area contributed by atoms with Crippen LogP contribution in [0.2, 0.25) is 5.02 Å². The summed E-state index contributed by atoms with van der Waals surface area (Å²) in [5, 5.41) is 1.57. The zero-order valence-electron chi connectivity index (χ0n) is 16.2. The molecular weight excluding hydrogens is 364 g/mol. The molecule has 0 saturated carbocycles. The van der Waals surface area contributed by atoms with Crippen LogP contribution in [-0.4, -0.2) is 60.1 Å². The van der Waals surface area contributed by atoms with Crippen LogP contribution < -0.4 is 0 Å². The fourth-order valence-electron chi connectivity index (χ4n) is 4.55. The summed E-state index contributed by atoms with van der Waals surface area (Å²) in [7, 11) is 0. The van der Waals surface area contributed by atoms with Gasteiger partial charge in [-0.15, -0.1) is 0 Å². The van der Waals surface area contributed by atoms with Crippen LogP contribution in [0.3, 0.4) is 0 Å². The number of halogens is 1. The van der Waals surface area contributed by atoms with E-state index < -0.39 is 0 Å². The van der Waals surface area contributed by atoms with Gasteiger partial charge in [0.05, 0.1) is 12.2 Å². The van der Waals surface area contributed by atoms with Crippen LogP contribution in [0.15, 0.2) is 22.6 Å². The molecule has 6 heteroatoms. The van der Waals surface area contributed by atoms with Crippen molar-refractivity contribution in [2.45, 2.75) is 51.9 Å². The number of rotatable bonds is 3. The molecule has 1 aromatic heterocycles. The lowest BCUT2D eigenvalue weighted by atomic mass is 10.1. The van der Waals surface area contributed by atoms with Crippen molar-refractivity contribution in [1.29, 1.82) is 0 Å². The number of benzene rings is 1. The normalized spacial score (nSPS) is 26.8. The molecule has 1 amide bonds. The Morgan fingerprint density at radius 3 is 2.74 bits per heavy atom. The van der Waals surface area contributed by atoms with E-state index in [2.05, 4.69) is 18.7 Å². The molecule has 2 aliphatic heterocycles. The van der Waals surface area contributed by atoms with Crippen molar-refractivity contribution < 1.29 is 13.9 Å². The van der Waals surface area contributed by atoms with Gasteiger partial charge in [-0.2, -0.15) is 0 Å². The number of nitrogens with zero attached hydrogens (tertiary/aromatic N) is 2. The Morgan fingerprint density at radius 2 is 2.00 bits per heavy atom. The number of carbonyl (C=O) groups excluding carboxylic acids is 1. The van der Waals surface area contributed by atoms with Crippen molar-refractivity contribution in [3.05, 3.63) is 34.5 Å². The van der Waals surface area contributed by atoms with Gasteiger partial charge in [0.1, 0.15) is 5.58 Å². The summed E-state index contributed by atoms with van der Waals surface area (Å²) in [6, 6.07) is 5.72. The van der Waals surface area contributed by atoms with Gasteiger partial charge in [-0.3, -0.25) is 9.69 Å². The number of hydrogen-bond acceptors (Lipinski definition) is 4. The van der Waals surface area contributed by atoms with E-state index in [0.29, 0.717) is 16.4 Å². The summed E-state index contributed by atoms with van der Waals surface area (Å²) in [5.41, 5.74) is 1.59. The van der Waals surface area contributed by atoms with Gasteiger partial charge in [-0.1, -0.05) is 11.6 Å². The average molecular weight is 391 g/mol. The molecular formula is C21H27ClN2O3. The molecule has 146 valence electrons. The van der Waals surface area contributed by atoms with Crippen molar-refractivity contribution in [1.82, 2.24) is 9.80 Å². The molecule has 2 aliphatic rings. The van der Waals surface area contributed by atoms with Crippen LogP contribution in [0.1, 0.15) is 42.8 Å². The number of furan rings is 1. The van der Waals surface area contributed by atoms with E-state index in [-0.39, 0.29) is 24.2 Å². The SMILES string of the molecule is Cc1c(C(=O)N2CCC[C@@H]2CN2C[C@@H](C)O[C@H](C)C2)oc2ccc(Cl)cc12. The molecule has 2 saturated heterocycles. The Hall–Kier alpha value is -1.56. The van der Waals surface area contributed by atoms with Gasteiger partial charge in [0.15, 0.2) is 5.76 Å². The van der Waals surface area contributed by atoms with E-state index in [1.54, 1.807) is 6.07 Å². The lowest BCUT2D eigenvalue weighted by Crippen LogP contribution is -2.50. The smallest absolute Gasteiger partial charge is 0.290 e. The first-order valence-electron chi connectivity index (χ1n) is 9.80. The Morgan fingerprint density at radius 1 is 1.26 bits per heavy atom. The highest BCUT2D eigenvalue weighted by Gasteiger charge is 2.35.